The molecule has 128 valence electrons. The van der Waals surface area contributed by atoms with Gasteiger partial charge in [-0.1, -0.05) is 11.8 Å². The predicted octanol–water partition coefficient (Wildman–Crippen LogP) is -0.402. The highest BCUT2D eigenvalue weighted by atomic mass is 32.2. The molecule has 2 aliphatic heterocycles. The largest absolute Gasteiger partial charge is 0.379 e. The second-order valence-electron chi connectivity index (χ2n) is 5.63. The van der Waals surface area contributed by atoms with Crippen LogP contribution >= 0.6 is 11.8 Å². The van der Waals surface area contributed by atoms with E-state index in [4.69, 9.17) is 9.47 Å². The van der Waals surface area contributed by atoms with E-state index in [9.17, 15) is 4.79 Å². The summed E-state index contributed by atoms with van der Waals surface area (Å²) < 4.78 is 12.6. The minimum Gasteiger partial charge on any atom is -0.379 e. The summed E-state index contributed by atoms with van der Waals surface area (Å²) in [6.45, 7) is 6.77. The SMILES string of the molecule is Cn1c(CN2CCOCC2)nnc1SCC(=O)N1CCOCC1. The molecule has 0 radical (unpaired) electrons. The Hall–Kier alpha value is -1.16. The summed E-state index contributed by atoms with van der Waals surface area (Å²) in [5.74, 6) is 1.45. The van der Waals surface area contributed by atoms with Gasteiger partial charge in [0.2, 0.25) is 5.91 Å². The summed E-state index contributed by atoms with van der Waals surface area (Å²) in [7, 11) is 1.96. The Morgan fingerprint density at radius 3 is 2.43 bits per heavy atom. The second kappa shape index (κ2) is 8.09. The third-order valence-corrected chi connectivity index (χ3v) is 5.09. The number of hydrogen-bond acceptors (Lipinski definition) is 7. The molecule has 3 heterocycles. The zero-order valence-electron chi connectivity index (χ0n) is 13.4. The van der Waals surface area contributed by atoms with E-state index < -0.39 is 0 Å². The van der Waals surface area contributed by atoms with Crippen LogP contribution in [0, 0.1) is 0 Å². The molecule has 23 heavy (non-hydrogen) atoms. The van der Waals surface area contributed by atoms with Crippen LogP contribution < -0.4 is 0 Å². The van der Waals surface area contributed by atoms with E-state index >= 15 is 0 Å². The molecule has 1 amide bonds. The molecule has 0 aliphatic carbocycles. The Morgan fingerprint density at radius 2 is 1.74 bits per heavy atom. The number of nitrogens with zero attached hydrogens (tertiary/aromatic N) is 5. The molecule has 0 unspecified atom stereocenters. The molecular weight excluding hydrogens is 318 g/mol. The van der Waals surface area contributed by atoms with E-state index in [0.29, 0.717) is 32.1 Å². The third-order valence-electron chi connectivity index (χ3n) is 4.08. The first-order valence-electron chi connectivity index (χ1n) is 7.91. The fourth-order valence-electron chi connectivity index (χ4n) is 2.60. The number of rotatable bonds is 5. The standard InChI is InChI=1S/C14H23N5O3S/c1-17-12(10-18-2-6-21-7-3-18)15-16-14(17)23-11-13(20)19-4-8-22-9-5-19/h2-11H2,1H3. The van der Waals surface area contributed by atoms with Crippen molar-refractivity contribution in [3.8, 4) is 0 Å². The maximum atomic E-state index is 12.2. The maximum Gasteiger partial charge on any atom is 0.233 e. The van der Waals surface area contributed by atoms with Crippen molar-refractivity contribution in [3.05, 3.63) is 5.82 Å². The monoisotopic (exact) mass is 341 g/mol. The van der Waals surface area contributed by atoms with Gasteiger partial charge in [-0.05, 0) is 0 Å². The first kappa shape index (κ1) is 16.7. The van der Waals surface area contributed by atoms with Crippen molar-refractivity contribution in [3.63, 3.8) is 0 Å². The number of carbonyl (C=O) groups excluding carboxylic acids is 1. The highest BCUT2D eigenvalue weighted by Gasteiger charge is 2.19. The molecule has 3 rings (SSSR count). The summed E-state index contributed by atoms with van der Waals surface area (Å²) in [6, 6.07) is 0. The first-order chi connectivity index (χ1) is 11.2. The molecule has 0 atom stereocenters. The van der Waals surface area contributed by atoms with Crippen molar-refractivity contribution in [2.24, 2.45) is 7.05 Å². The summed E-state index contributed by atoms with van der Waals surface area (Å²) in [6.07, 6.45) is 0. The normalized spacial score (nSPS) is 20.0. The van der Waals surface area contributed by atoms with E-state index in [2.05, 4.69) is 15.1 Å². The van der Waals surface area contributed by atoms with Crippen molar-refractivity contribution >= 4 is 17.7 Å². The Kier molecular flexibility index (Phi) is 5.87. The van der Waals surface area contributed by atoms with E-state index in [1.165, 1.54) is 11.8 Å². The van der Waals surface area contributed by atoms with Gasteiger partial charge in [-0.25, -0.2) is 0 Å². The topological polar surface area (TPSA) is 72.7 Å². The fraction of sp³-hybridized carbons (Fsp3) is 0.786. The van der Waals surface area contributed by atoms with Crippen LogP contribution in [0.3, 0.4) is 0 Å². The lowest BCUT2D eigenvalue weighted by molar-refractivity contribution is -0.132. The Morgan fingerprint density at radius 1 is 1.09 bits per heavy atom. The lowest BCUT2D eigenvalue weighted by atomic mass is 10.4. The lowest BCUT2D eigenvalue weighted by Crippen LogP contribution is -2.41. The van der Waals surface area contributed by atoms with Gasteiger partial charge < -0.3 is 18.9 Å². The van der Waals surface area contributed by atoms with Crippen LogP contribution in [-0.4, -0.2) is 88.8 Å². The molecule has 2 saturated heterocycles. The number of amides is 1. The summed E-state index contributed by atoms with van der Waals surface area (Å²) in [5, 5.41) is 9.27. The van der Waals surface area contributed by atoms with Gasteiger partial charge in [0, 0.05) is 33.2 Å². The zero-order valence-corrected chi connectivity index (χ0v) is 14.3. The molecule has 9 heteroatoms. The highest BCUT2D eigenvalue weighted by molar-refractivity contribution is 7.99. The van der Waals surface area contributed by atoms with E-state index in [1.807, 2.05) is 16.5 Å². The lowest BCUT2D eigenvalue weighted by Gasteiger charge is -2.26. The molecule has 2 aliphatic rings. The fourth-order valence-corrected chi connectivity index (χ4v) is 3.43. The number of hydrogen-bond donors (Lipinski definition) is 0. The minimum atomic E-state index is 0.135. The molecule has 2 fully saturated rings. The zero-order chi connectivity index (χ0) is 16.1. The molecule has 0 aromatic carbocycles. The highest BCUT2D eigenvalue weighted by Crippen LogP contribution is 2.17. The number of ether oxygens (including phenoxy) is 2. The Bertz CT molecular complexity index is 526. The van der Waals surface area contributed by atoms with Gasteiger partial charge in [0.25, 0.3) is 0 Å². The molecular formula is C14H23N5O3S. The van der Waals surface area contributed by atoms with E-state index in [0.717, 1.165) is 43.8 Å². The number of aromatic nitrogens is 3. The summed E-state index contributed by atoms with van der Waals surface area (Å²) in [5.41, 5.74) is 0. The third kappa shape index (κ3) is 4.43. The van der Waals surface area contributed by atoms with Gasteiger partial charge in [-0.2, -0.15) is 0 Å². The molecule has 0 saturated carbocycles. The van der Waals surface area contributed by atoms with Crippen LogP contribution in [0.15, 0.2) is 5.16 Å². The Labute approximate surface area is 140 Å². The average Bonchev–Trinajstić information content (AvgIpc) is 2.94. The van der Waals surface area contributed by atoms with Crippen LogP contribution in [0.4, 0.5) is 0 Å². The first-order valence-corrected chi connectivity index (χ1v) is 8.89. The van der Waals surface area contributed by atoms with E-state index in [1.54, 1.807) is 0 Å². The second-order valence-corrected chi connectivity index (χ2v) is 6.57. The molecule has 8 nitrogen and oxygen atoms in total. The van der Waals surface area contributed by atoms with Crippen LogP contribution in [0.1, 0.15) is 5.82 Å². The smallest absolute Gasteiger partial charge is 0.233 e. The van der Waals surface area contributed by atoms with Gasteiger partial charge in [0.05, 0.1) is 38.7 Å². The summed E-state index contributed by atoms with van der Waals surface area (Å²) >= 11 is 1.45. The van der Waals surface area contributed by atoms with Crippen LogP contribution in [-0.2, 0) is 27.9 Å². The molecule has 0 bridgehead atoms. The van der Waals surface area contributed by atoms with Gasteiger partial charge >= 0.3 is 0 Å². The minimum absolute atomic E-state index is 0.135. The number of thioether (sulfide) groups is 1. The quantitative estimate of drug-likeness (QED) is 0.675. The van der Waals surface area contributed by atoms with Crippen molar-refractivity contribution in [1.29, 1.82) is 0 Å². The van der Waals surface area contributed by atoms with Crippen LogP contribution in [0.5, 0.6) is 0 Å². The molecule has 1 aromatic heterocycles. The van der Waals surface area contributed by atoms with Gasteiger partial charge in [-0.15, -0.1) is 10.2 Å². The van der Waals surface area contributed by atoms with Crippen LogP contribution in [0.25, 0.3) is 0 Å². The van der Waals surface area contributed by atoms with Crippen molar-refractivity contribution in [1.82, 2.24) is 24.6 Å². The van der Waals surface area contributed by atoms with Crippen molar-refractivity contribution in [2.45, 2.75) is 11.7 Å². The summed E-state index contributed by atoms with van der Waals surface area (Å²) in [4.78, 5) is 16.3. The van der Waals surface area contributed by atoms with Crippen molar-refractivity contribution < 1.29 is 14.3 Å². The molecule has 0 N–H and O–H groups in total. The number of morpholine rings is 2. The van der Waals surface area contributed by atoms with Crippen molar-refractivity contribution in [2.75, 3.05) is 58.4 Å². The Balaban J connectivity index is 1.51. The molecule has 1 aromatic rings. The molecule has 0 spiro atoms. The van der Waals surface area contributed by atoms with Gasteiger partial charge in [0.15, 0.2) is 5.16 Å². The maximum absolute atomic E-state index is 12.2. The predicted molar refractivity (Wildman–Crippen MR) is 85.2 cm³/mol. The number of carbonyl (C=O) groups is 1. The van der Waals surface area contributed by atoms with E-state index in [-0.39, 0.29) is 5.91 Å². The van der Waals surface area contributed by atoms with Gasteiger partial charge in [-0.3, -0.25) is 9.69 Å². The van der Waals surface area contributed by atoms with Crippen LogP contribution in [0.2, 0.25) is 0 Å². The van der Waals surface area contributed by atoms with Gasteiger partial charge in [0.1, 0.15) is 5.82 Å². The average molecular weight is 341 g/mol.